The Bertz CT molecular complexity index is 850. The van der Waals surface area contributed by atoms with E-state index in [-0.39, 0.29) is 12.5 Å². The smallest absolute Gasteiger partial charge is 0.328 e. The molecule has 7 nitrogen and oxygen atoms in total. The fraction of sp³-hybridized carbons (Fsp3) is 0.452. The summed E-state index contributed by atoms with van der Waals surface area (Å²) in [6.07, 6.45) is 34.3. The Morgan fingerprint density at radius 3 is 1.58 bits per heavy atom. The zero-order valence-electron chi connectivity index (χ0n) is 22.8. The monoisotopic (exact) mass is 526 g/mol. The first-order chi connectivity index (χ1) is 18.5. The van der Waals surface area contributed by atoms with E-state index in [0.29, 0.717) is 32.2 Å². The molecule has 0 saturated carbocycles. The van der Waals surface area contributed by atoms with Crippen LogP contribution in [0.2, 0.25) is 0 Å². The largest absolute Gasteiger partial charge is 0.478 e. The molecule has 0 bridgehead atoms. The van der Waals surface area contributed by atoms with Crippen LogP contribution in [0.1, 0.15) is 71.1 Å². The van der Waals surface area contributed by atoms with E-state index in [0.717, 1.165) is 50.7 Å². The van der Waals surface area contributed by atoms with Gasteiger partial charge in [-0.05, 0) is 57.8 Å². The Morgan fingerprint density at radius 2 is 1.11 bits per heavy atom. The van der Waals surface area contributed by atoms with Crippen LogP contribution in [0, 0.1) is 0 Å². The van der Waals surface area contributed by atoms with Crippen molar-refractivity contribution in [1.29, 1.82) is 0 Å². The maximum Gasteiger partial charge on any atom is 0.328 e. The molecule has 0 fully saturated rings. The predicted octanol–water partition coefficient (Wildman–Crippen LogP) is 5.48. The second kappa shape index (κ2) is 26.6. The SMILES string of the molecule is CCC=CCC=CCC=CCC=CCC=CCC=CCCC(=O)NCCC(O)CCNC(=O)C=CC(=O)O. The molecular weight excluding hydrogens is 480 g/mol. The topological polar surface area (TPSA) is 116 Å². The van der Waals surface area contributed by atoms with E-state index in [1.165, 1.54) is 0 Å². The zero-order valence-corrected chi connectivity index (χ0v) is 22.8. The summed E-state index contributed by atoms with van der Waals surface area (Å²) >= 11 is 0. The Balaban J connectivity index is 3.68. The molecule has 0 aliphatic carbocycles. The van der Waals surface area contributed by atoms with Gasteiger partial charge in [0.05, 0.1) is 6.10 Å². The fourth-order valence-corrected chi connectivity index (χ4v) is 3.03. The van der Waals surface area contributed by atoms with Crippen molar-refractivity contribution in [2.24, 2.45) is 0 Å². The van der Waals surface area contributed by atoms with Crippen molar-refractivity contribution < 1.29 is 24.6 Å². The Kier molecular flexibility index (Phi) is 24.2. The molecule has 0 radical (unpaired) electrons. The summed E-state index contributed by atoms with van der Waals surface area (Å²) in [6.45, 7) is 2.72. The summed E-state index contributed by atoms with van der Waals surface area (Å²) in [6, 6.07) is 0. The zero-order chi connectivity index (χ0) is 28.1. The number of carboxylic acid groups (broad SMARTS) is 1. The molecule has 0 rings (SSSR count). The lowest BCUT2D eigenvalue weighted by molar-refractivity contribution is -0.131. The van der Waals surface area contributed by atoms with Gasteiger partial charge < -0.3 is 20.8 Å². The van der Waals surface area contributed by atoms with E-state index in [1.54, 1.807) is 0 Å². The van der Waals surface area contributed by atoms with Gasteiger partial charge in [0.25, 0.3) is 0 Å². The molecule has 0 spiro atoms. The van der Waals surface area contributed by atoms with Crippen LogP contribution in [0.4, 0.5) is 0 Å². The van der Waals surface area contributed by atoms with Crippen molar-refractivity contribution in [3.05, 3.63) is 85.1 Å². The number of allylic oxidation sites excluding steroid dienone is 12. The van der Waals surface area contributed by atoms with Gasteiger partial charge in [0.1, 0.15) is 0 Å². The van der Waals surface area contributed by atoms with Gasteiger partial charge >= 0.3 is 5.97 Å². The molecule has 4 N–H and O–H groups in total. The number of hydrogen-bond acceptors (Lipinski definition) is 4. The minimum absolute atomic E-state index is 0.0659. The third-order valence-corrected chi connectivity index (χ3v) is 5.09. The van der Waals surface area contributed by atoms with Gasteiger partial charge in [0.2, 0.25) is 11.8 Å². The molecule has 2 amide bonds. The molecule has 7 heteroatoms. The van der Waals surface area contributed by atoms with E-state index in [4.69, 9.17) is 5.11 Å². The van der Waals surface area contributed by atoms with Crippen LogP contribution >= 0.6 is 0 Å². The van der Waals surface area contributed by atoms with Gasteiger partial charge in [-0.3, -0.25) is 9.59 Å². The number of aliphatic hydroxyl groups excluding tert-OH is 1. The van der Waals surface area contributed by atoms with Crippen LogP contribution < -0.4 is 10.6 Å². The quantitative estimate of drug-likeness (QED) is 0.110. The molecule has 1 atom stereocenters. The lowest BCUT2D eigenvalue weighted by atomic mass is 10.2. The second-order valence-electron chi connectivity index (χ2n) is 8.50. The fourth-order valence-electron chi connectivity index (χ4n) is 3.03. The minimum Gasteiger partial charge on any atom is -0.478 e. The summed E-state index contributed by atoms with van der Waals surface area (Å²) in [7, 11) is 0. The number of rotatable bonds is 22. The number of nitrogens with one attached hydrogen (secondary N) is 2. The highest BCUT2D eigenvalue weighted by atomic mass is 16.4. The first-order valence-electron chi connectivity index (χ1n) is 13.5. The highest BCUT2D eigenvalue weighted by Crippen LogP contribution is 1.99. The predicted molar refractivity (Wildman–Crippen MR) is 155 cm³/mol. The highest BCUT2D eigenvalue weighted by Gasteiger charge is 2.06. The number of hydrogen-bond donors (Lipinski definition) is 4. The van der Waals surface area contributed by atoms with E-state index in [1.807, 2.05) is 12.2 Å². The van der Waals surface area contributed by atoms with E-state index >= 15 is 0 Å². The maximum absolute atomic E-state index is 11.9. The minimum atomic E-state index is -1.20. The third-order valence-electron chi connectivity index (χ3n) is 5.09. The van der Waals surface area contributed by atoms with Crippen molar-refractivity contribution in [2.75, 3.05) is 13.1 Å². The van der Waals surface area contributed by atoms with Crippen LogP contribution in [-0.4, -0.2) is 47.2 Å². The van der Waals surface area contributed by atoms with Crippen molar-refractivity contribution in [3.8, 4) is 0 Å². The number of amides is 2. The Morgan fingerprint density at radius 1 is 0.658 bits per heavy atom. The Labute approximate surface area is 228 Å². The summed E-state index contributed by atoms with van der Waals surface area (Å²) in [4.78, 5) is 33.5. The summed E-state index contributed by atoms with van der Waals surface area (Å²) < 4.78 is 0. The third kappa shape index (κ3) is 27.1. The lowest BCUT2D eigenvalue weighted by Gasteiger charge is -2.11. The van der Waals surface area contributed by atoms with Crippen molar-refractivity contribution >= 4 is 17.8 Å². The van der Waals surface area contributed by atoms with Crippen LogP contribution in [0.3, 0.4) is 0 Å². The van der Waals surface area contributed by atoms with Crippen molar-refractivity contribution in [3.63, 3.8) is 0 Å². The van der Waals surface area contributed by atoms with Crippen molar-refractivity contribution in [1.82, 2.24) is 10.6 Å². The first kappa shape index (κ1) is 34.6. The highest BCUT2D eigenvalue weighted by molar-refractivity contribution is 5.93. The van der Waals surface area contributed by atoms with Crippen LogP contribution in [0.15, 0.2) is 85.1 Å². The number of aliphatic carboxylic acids is 1. The van der Waals surface area contributed by atoms with Gasteiger partial charge in [-0.25, -0.2) is 4.79 Å². The maximum atomic E-state index is 11.9. The van der Waals surface area contributed by atoms with E-state index < -0.39 is 18.0 Å². The molecule has 0 aromatic carbocycles. The summed E-state index contributed by atoms with van der Waals surface area (Å²) in [5.74, 6) is -1.79. The van der Waals surface area contributed by atoms with Crippen LogP contribution in [0.25, 0.3) is 0 Å². The van der Waals surface area contributed by atoms with Gasteiger partial charge in [0.15, 0.2) is 0 Å². The molecule has 0 saturated heterocycles. The summed E-state index contributed by atoms with van der Waals surface area (Å²) in [5, 5.41) is 23.6. The van der Waals surface area contributed by atoms with Gasteiger partial charge in [0, 0.05) is 31.7 Å². The molecule has 0 aromatic rings. The Hall–Kier alpha value is -3.45. The molecular formula is C31H46N2O5. The number of aliphatic hydroxyl groups is 1. The average molecular weight is 527 g/mol. The van der Waals surface area contributed by atoms with E-state index in [2.05, 4.69) is 78.3 Å². The molecule has 0 aliphatic heterocycles. The van der Waals surface area contributed by atoms with Gasteiger partial charge in [-0.15, -0.1) is 0 Å². The van der Waals surface area contributed by atoms with Gasteiger partial charge in [-0.2, -0.15) is 0 Å². The molecule has 0 heterocycles. The van der Waals surface area contributed by atoms with Crippen LogP contribution in [-0.2, 0) is 14.4 Å². The number of carboxylic acids is 1. The average Bonchev–Trinajstić information content (AvgIpc) is 2.88. The number of carbonyl (C=O) groups is 3. The molecule has 0 aromatic heterocycles. The van der Waals surface area contributed by atoms with Gasteiger partial charge in [-0.1, -0.05) is 79.8 Å². The molecule has 38 heavy (non-hydrogen) atoms. The first-order valence-corrected chi connectivity index (χ1v) is 13.5. The normalized spacial score (nSPS) is 13.3. The summed E-state index contributed by atoms with van der Waals surface area (Å²) in [5.41, 5.74) is 0. The molecule has 210 valence electrons. The second-order valence-corrected chi connectivity index (χ2v) is 8.50. The number of carbonyl (C=O) groups excluding carboxylic acids is 2. The van der Waals surface area contributed by atoms with E-state index in [9.17, 15) is 19.5 Å². The lowest BCUT2D eigenvalue weighted by Crippen LogP contribution is -2.29. The van der Waals surface area contributed by atoms with Crippen molar-refractivity contribution in [2.45, 2.75) is 77.2 Å². The molecule has 0 aliphatic rings. The molecule has 1 unspecified atom stereocenters. The standard InChI is InChI=1S/C31H46N2O5/c1-2-3-4-5-6-7-8-9-10-11-12-13-14-15-16-17-18-19-20-21-29(35)32-26-24-28(34)25-27-33-30(36)22-23-31(37)38/h3-4,6-7,9-10,12-13,15-16,18-19,22-23,28,34H,2,5,8,11,14,17,20-21,24-27H2,1H3,(H,32,35)(H,33,36)(H,37,38). The van der Waals surface area contributed by atoms with Crippen LogP contribution in [0.5, 0.6) is 0 Å².